The average molecular weight is 225 g/mol. The van der Waals surface area contributed by atoms with Gasteiger partial charge in [0.25, 0.3) is 0 Å². The van der Waals surface area contributed by atoms with Crippen LogP contribution in [0.5, 0.6) is 0 Å². The van der Waals surface area contributed by atoms with Gasteiger partial charge < -0.3 is 10.0 Å². The van der Waals surface area contributed by atoms with Gasteiger partial charge in [-0.2, -0.15) is 0 Å². The van der Waals surface area contributed by atoms with E-state index in [0.717, 1.165) is 25.8 Å². The lowest BCUT2D eigenvalue weighted by molar-refractivity contribution is -0.147. The van der Waals surface area contributed by atoms with Crippen molar-refractivity contribution in [1.82, 2.24) is 4.90 Å². The highest BCUT2D eigenvalue weighted by atomic mass is 16.4. The molecule has 0 aliphatic heterocycles. The van der Waals surface area contributed by atoms with Crippen LogP contribution in [0.25, 0.3) is 0 Å². The molecule has 2 aliphatic carbocycles. The largest absolute Gasteiger partial charge is 0.481 e. The number of carbonyl (C=O) groups excluding carboxylic acids is 1. The molecule has 0 heterocycles. The molecule has 2 saturated carbocycles. The van der Waals surface area contributed by atoms with E-state index in [4.69, 9.17) is 5.11 Å². The van der Waals surface area contributed by atoms with E-state index in [1.54, 1.807) is 0 Å². The molecule has 0 atom stereocenters. The van der Waals surface area contributed by atoms with Gasteiger partial charge in [-0.15, -0.1) is 0 Å². The smallest absolute Gasteiger partial charge is 0.310 e. The molecule has 2 fully saturated rings. The molecule has 2 aliphatic rings. The minimum Gasteiger partial charge on any atom is -0.481 e. The monoisotopic (exact) mass is 225 g/mol. The van der Waals surface area contributed by atoms with Crippen LogP contribution in [-0.2, 0) is 9.59 Å². The summed E-state index contributed by atoms with van der Waals surface area (Å²) in [7, 11) is 0. The van der Waals surface area contributed by atoms with Gasteiger partial charge in [0, 0.05) is 19.0 Å². The van der Waals surface area contributed by atoms with Crippen LogP contribution in [0.2, 0.25) is 0 Å². The van der Waals surface area contributed by atoms with Crippen molar-refractivity contribution in [2.45, 2.75) is 51.5 Å². The number of amides is 1. The summed E-state index contributed by atoms with van der Waals surface area (Å²) < 4.78 is 0. The topological polar surface area (TPSA) is 57.6 Å². The number of aliphatic carboxylic acids is 1. The molecule has 1 N–H and O–H groups in total. The Morgan fingerprint density at radius 1 is 1.38 bits per heavy atom. The number of nitrogens with zero attached hydrogens (tertiary/aromatic N) is 1. The lowest BCUT2D eigenvalue weighted by Crippen LogP contribution is -2.36. The molecule has 0 aromatic heterocycles. The molecule has 0 bridgehead atoms. The van der Waals surface area contributed by atoms with E-state index in [9.17, 15) is 9.59 Å². The van der Waals surface area contributed by atoms with Gasteiger partial charge in [0.05, 0.1) is 5.41 Å². The van der Waals surface area contributed by atoms with Gasteiger partial charge in [0.1, 0.15) is 0 Å². The Kier molecular flexibility index (Phi) is 2.91. The first kappa shape index (κ1) is 11.4. The van der Waals surface area contributed by atoms with Crippen LogP contribution in [0.3, 0.4) is 0 Å². The molecule has 0 aromatic rings. The van der Waals surface area contributed by atoms with Gasteiger partial charge in [-0.05, 0) is 32.1 Å². The highest BCUT2D eigenvalue weighted by Crippen LogP contribution is 2.49. The second-order valence-corrected chi connectivity index (χ2v) is 5.08. The molecule has 16 heavy (non-hydrogen) atoms. The van der Waals surface area contributed by atoms with Crippen LogP contribution in [0.4, 0.5) is 0 Å². The maximum absolute atomic E-state index is 12.0. The zero-order valence-corrected chi connectivity index (χ0v) is 9.74. The second kappa shape index (κ2) is 4.07. The number of rotatable bonds is 6. The van der Waals surface area contributed by atoms with Crippen molar-refractivity contribution in [3.05, 3.63) is 0 Å². The molecule has 1 amide bonds. The molecule has 2 rings (SSSR count). The first-order valence-electron chi connectivity index (χ1n) is 6.12. The van der Waals surface area contributed by atoms with Gasteiger partial charge in [-0.1, -0.05) is 6.92 Å². The Morgan fingerprint density at radius 3 is 2.38 bits per heavy atom. The average Bonchev–Trinajstić information content (AvgIpc) is 3.07. The first-order valence-corrected chi connectivity index (χ1v) is 6.12. The van der Waals surface area contributed by atoms with Crippen LogP contribution < -0.4 is 0 Å². The number of carbonyl (C=O) groups is 2. The van der Waals surface area contributed by atoms with Gasteiger partial charge in [0.2, 0.25) is 5.91 Å². The minimum absolute atomic E-state index is 0.0456. The van der Waals surface area contributed by atoms with E-state index < -0.39 is 11.4 Å². The van der Waals surface area contributed by atoms with Gasteiger partial charge in [-0.25, -0.2) is 0 Å². The van der Waals surface area contributed by atoms with E-state index in [-0.39, 0.29) is 12.3 Å². The lowest BCUT2D eigenvalue weighted by Gasteiger charge is -2.23. The summed E-state index contributed by atoms with van der Waals surface area (Å²) in [6, 6.07) is 0.400. The SMILES string of the molecule is CCCN(C(=O)CC1(C(=O)O)CC1)C1CC1. The van der Waals surface area contributed by atoms with Crippen LogP contribution in [0.15, 0.2) is 0 Å². The fourth-order valence-electron chi connectivity index (χ4n) is 2.15. The summed E-state index contributed by atoms with van der Waals surface area (Å²) in [6.07, 6.45) is 4.66. The molecule has 0 saturated heterocycles. The number of carboxylic acid groups (broad SMARTS) is 1. The molecular formula is C12H19NO3. The summed E-state index contributed by atoms with van der Waals surface area (Å²) in [5.41, 5.74) is -0.710. The Balaban J connectivity index is 1.93. The van der Waals surface area contributed by atoms with Crippen molar-refractivity contribution < 1.29 is 14.7 Å². The van der Waals surface area contributed by atoms with Crippen LogP contribution in [0, 0.1) is 5.41 Å². The molecule has 4 nitrogen and oxygen atoms in total. The quantitative estimate of drug-likeness (QED) is 0.747. The van der Waals surface area contributed by atoms with E-state index in [2.05, 4.69) is 0 Å². The molecule has 0 unspecified atom stereocenters. The molecule has 0 radical (unpaired) electrons. The summed E-state index contributed by atoms with van der Waals surface area (Å²) in [6.45, 7) is 2.83. The fourth-order valence-corrected chi connectivity index (χ4v) is 2.15. The van der Waals surface area contributed by atoms with Crippen molar-refractivity contribution in [1.29, 1.82) is 0 Å². The van der Waals surface area contributed by atoms with Gasteiger partial charge in [0.15, 0.2) is 0 Å². The van der Waals surface area contributed by atoms with Crippen LogP contribution >= 0.6 is 0 Å². The highest BCUT2D eigenvalue weighted by molar-refractivity contribution is 5.87. The summed E-state index contributed by atoms with van der Waals surface area (Å²) in [4.78, 5) is 24.9. The molecule has 90 valence electrons. The summed E-state index contributed by atoms with van der Waals surface area (Å²) in [5.74, 6) is -0.752. The van der Waals surface area contributed by atoms with Gasteiger partial charge >= 0.3 is 5.97 Å². The molecular weight excluding hydrogens is 206 g/mol. The van der Waals surface area contributed by atoms with Gasteiger partial charge in [-0.3, -0.25) is 9.59 Å². The number of hydrogen-bond donors (Lipinski definition) is 1. The van der Waals surface area contributed by atoms with Crippen molar-refractivity contribution >= 4 is 11.9 Å². The van der Waals surface area contributed by atoms with Crippen LogP contribution in [-0.4, -0.2) is 34.5 Å². The highest BCUT2D eigenvalue weighted by Gasteiger charge is 2.52. The maximum Gasteiger partial charge on any atom is 0.310 e. The van der Waals surface area contributed by atoms with Crippen molar-refractivity contribution in [2.75, 3.05) is 6.54 Å². The number of carboxylic acids is 1. The molecule has 0 aromatic carbocycles. The summed E-state index contributed by atoms with van der Waals surface area (Å²) in [5, 5.41) is 9.05. The Labute approximate surface area is 95.6 Å². The van der Waals surface area contributed by atoms with E-state index in [1.165, 1.54) is 0 Å². The normalized spacial score (nSPS) is 21.6. The molecule has 0 spiro atoms. The third kappa shape index (κ3) is 2.20. The Hall–Kier alpha value is -1.06. The zero-order valence-electron chi connectivity index (χ0n) is 9.74. The Morgan fingerprint density at radius 2 is 2.00 bits per heavy atom. The first-order chi connectivity index (χ1) is 7.59. The van der Waals surface area contributed by atoms with Crippen molar-refractivity contribution in [3.8, 4) is 0 Å². The Bertz CT molecular complexity index is 305. The predicted octanol–water partition coefficient (Wildman–Crippen LogP) is 1.64. The third-order valence-electron chi connectivity index (χ3n) is 3.57. The van der Waals surface area contributed by atoms with E-state index >= 15 is 0 Å². The second-order valence-electron chi connectivity index (χ2n) is 5.08. The van der Waals surface area contributed by atoms with E-state index in [1.807, 2.05) is 11.8 Å². The number of hydrogen-bond acceptors (Lipinski definition) is 2. The third-order valence-corrected chi connectivity index (χ3v) is 3.57. The zero-order chi connectivity index (χ0) is 11.8. The fraction of sp³-hybridized carbons (Fsp3) is 0.833. The summed E-state index contributed by atoms with van der Waals surface area (Å²) >= 11 is 0. The van der Waals surface area contributed by atoms with E-state index in [0.29, 0.717) is 18.9 Å². The maximum atomic E-state index is 12.0. The molecule has 4 heteroatoms. The van der Waals surface area contributed by atoms with Crippen molar-refractivity contribution in [2.24, 2.45) is 5.41 Å². The van der Waals surface area contributed by atoms with Crippen molar-refractivity contribution in [3.63, 3.8) is 0 Å². The van der Waals surface area contributed by atoms with Crippen LogP contribution in [0.1, 0.15) is 45.4 Å². The standard InChI is InChI=1S/C12H19NO3/c1-2-7-13(9-3-4-9)10(14)8-12(5-6-12)11(15)16/h9H,2-8H2,1H3,(H,15,16). The lowest BCUT2D eigenvalue weighted by atomic mass is 10.0. The minimum atomic E-state index is -0.798. The predicted molar refractivity (Wildman–Crippen MR) is 58.9 cm³/mol.